The monoisotopic (exact) mass is 750 g/mol. The third kappa shape index (κ3) is 5.09. The molecule has 10 atom stereocenters. The molecule has 9 rings (SSSR count). The minimum absolute atomic E-state index is 0.0496. The van der Waals surface area contributed by atoms with Crippen LogP contribution in [0.4, 0.5) is 5.69 Å². The molecule has 3 aromatic rings. The predicted octanol–water partition coefficient (Wildman–Crippen LogP) is 5.94. The second-order valence-electron chi connectivity index (χ2n) is 17.6. The minimum atomic E-state index is -2.16. The number of piperidine rings is 1. The Kier molecular flexibility index (Phi) is 8.94. The summed E-state index contributed by atoms with van der Waals surface area (Å²) >= 11 is 0. The number of aromatic amines is 1. The number of H-pyrrole nitrogens is 1. The van der Waals surface area contributed by atoms with Crippen LogP contribution in [0.1, 0.15) is 87.6 Å². The van der Waals surface area contributed by atoms with Gasteiger partial charge in [-0.1, -0.05) is 50.6 Å². The summed E-state index contributed by atoms with van der Waals surface area (Å²) in [6.07, 6.45) is 9.98. The highest BCUT2D eigenvalue weighted by Gasteiger charge is 2.80. The Balaban J connectivity index is 1.27. The molecule has 294 valence electrons. The zero-order chi connectivity index (χ0) is 38.4. The molecular formula is C45H58N4O6. The van der Waals surface area contributed by atoms with Crippen LogP contribution in [-0.4, -0.2) is 110 Å². The smallest absolute Gasteiger partial charge is 0.344 e. The fourth-order valence-electron chi connectivity index (χ4n) is 13.1. The van der Waals surface area contributed by atoms with Gasteiger partial charge in [-0.2, -0.15) is 0 Å². The number of hydrogen-bond acceptors (Lipinski definition) is 9. The minimum Gasteiger partial charge on any atom is -0.496 e. The molecule has 2 saturated heterocycles. The molecule has 0 radical (unpaired) electrons. The van der Waals surface area contributed by atoms with E-state index in [1.807, 2.05) is 7.05 Å². The fourth-order valence-corrected chi connectivity index (χ4v) is 13.1. The van der Waals surface area contributed by atoms with Crippen LogP contribution in [0.2, 0.25) is 0 Å². The van der Waals surface area contributed by atoms with Crippen molar-refractivity contribution in [2.45, 2.75) is 101 Å². The first kappa shape index (κ1) is 36.8. The fraction of sp³-hybridized carbons (Fsp3) is 0.600. The molecule has 6 aliphatic rings. The van der Waals surface area contributed by atoms with E-state index in [0.29, 0.717) is 12.3 Å². The zero-order valence-corrected chi connectivity index (χ0v) is 33.4. The van der Waals surface area contributed by atoms with Crippen molar-refractivity contribution in [2.75, 3.05) is 58.9 Å². The van der Waals surface area contributed by atoms with Crippen molar-refractivity contribution in [3.05, 3.63) is 70.9 Å². The van der Waals surface area contributed by atoms with Gasteiger partial charge in [0.05, 0.1) is 20.3 Å². The summed E-state index contributed by atoms with van der Waals surface area (Å²) < 4.78 is 18.0. The molecule has 10 nitrogen and oxygen atoms in total. The molecule has 1 spiro atoms. The van der Waals surface area contributed by atoms with Crippen molar-refractivity contribution < 1.29 is 28.9 Å². The quantitative estimate of drug-likeness (QED) is 0.234. The largest absolute Gasteiger partial charge is 0.496 e. The Morgan fingerprint density at radius 2 is 1.87 bits per heavy atom. The average Bonchev–Trinajstić information content (AvgIpc) is 3.84. The third-order valence-corrected chi connectivity index (χ3v) is 15.1. The van der Waals surface area contributed by atoms with Gasteiger partial charge in [-0.15, -0.1) is 0 Å². The highest BCUT2D eigenvalue weighted by atomic mass is 16.6. The number of ether oxygens (including phenoxy) is 3. The summed E-state index contributed by atoms with van der Waals surface area (Å²) in [5, 5.41) is 14.5. The molecular weight excluding hydrogens is 693 g/mol. The molecule has 2 N–H and O–H groups in total. The number of anilines is 1. The number of methoxy groups -OCH3 is 2. The summed E-state index contributed by atoms with van der Waals surface area (Å²) in [7, 11) is 5.04. The molecule has 2 aromatic carbocycles. The van der Waals surface area contributed by atoms with E-state index in [-0.39, 0.29) is 12.0 Å². The van der Waals surface area contributed by atoms with E-state index in [1.54, 1.807) is 7.11 Å². The Bertz CT molecular complexity index is 2040. The first-order valence-corrected chi connectivity index (χ1v) is 20.7. The van der Waals surface area contributed by atoms with E-state index in [4.69, 9.17) is 14.2 Å². The first-order chi connectivity index (χ1) is 26.5. The molecule has 0 amide bonds. The molecule has 5 aliphatic heterocycles. The van der Waals surface area contributed by atoms with Crippen LogP contribution in [0.25, 0.3) is 10.9 Å². The van der Waals surface area contributed by atoms with E-state index in [2.05, 4.69) is 82.1 Å². The summed E-state index contributed by atoms with van der Waals surface area (Å²) in [5.41, 5.74) is 3.37. The maximum atomic E-state index is 14.3. The average molecular weight is 751 g/mol. The number of rotatable bonds is 6. The van der Waals surface area contributed by atoms with Gasteiger partial charge >= 0.3 is 11.9 Å². The highest BCUT2D eigenvalue weighted by molar-refractivity contribution is 5.88. The summed E-state index contributed by atoms with van der Waals surface area (Å²) in [5.74, 6) is 0.909. The van der Waals surface area contributed by atoms with Crippen molar-refractivity contribution in [1.29, 1.82) is 0 Å². The van der Waals surface area contributed by atoms with E-state index >= 15 is 0 Å². The van der Waals surface area contributed by atoms with E-state index < -0.39 is 40.5 Å². The standard InChI is InChI=1S/C45H58N4O6/c1-7-28-22-29-14-15-31(38-32(16-20-48(25-28)26-29)30-12-9-10-13-35(30)46-38)33-23-34-36(24-37(33)53-5)47(4)40-44(34)18-21-49-19-11-17-43(8-2,39(44)49)41(55-27(3)50)45(40,52)42(51)54-6/h9-13,17,23-24,28-29,31,39-41,46,52H,7-8,14-16,18-22,25-26H2,1-6H3/t28-,29-,31-,39-,40+,41-,43-,44+,45-/m1/s1. The molecule has 10 heteroatoms. The number of aliphatic hydroxyl groups is 1. The topological polar surface area (TPSA) is 108 Å². The lowest BCUT2D eigenvalue weighted by Crippen LogP contribution is -2.81. The summed E-state index contributed by atoms with van der Waals surface area (Å²) in [6, 6.07) is 12.4. The van der Waals surface area contributed by atoms with Gasteiger partial charge in [0.25, 0.3) is 0 Å². The SMILES string of the molecule is CC[C@@H]1C[C@H]2CC[C@H](c3cc4c(cc3OC)N(C)[C@@H]3[C@](O)(C(=O)OC)[C@H](OC(C)=O)[C@]5(CC)C=CCN6CC[C@@]43[C@H]65)c3[nH]c4ccccc4c3CCN(C1)C2. The van der Waals surface area contributed by atoms with E-state index in [1.165, 1.54) is 55.6 Å². The number of benzene rings is 2. The molecule has 3 fully saturated rings. The van der Waals surface area contributed by atoms with Gasteiger partial charge in [0.2, 0.25) is 5.60 Å². The van der Waals surface area contributed by atoms with Gasteiger partial charge in [0.1, 0.15) is 5.75 Å². The second kappa shape index (κ2) is 13.4. The molecule has 2 bridgehead atoms. The number of nitrogens with zero attached hydrogens (tertiary/aromatic N) is 3. The number of para-hydroxylation sites is 1. The summed E-state index contributed by atoms with van der Waals surface area (Å²) in [4.78, 5) is 38.4. The van der Waals surface area contributed by atoms with Crippen molar-refractivity contribution in [3.8, 4) is 5.75 Å². The van der Waals surface area contributed by atoms with Crippen LogP contribution in [-0.2, 0) is 30.9 Å². The second-order valence-corrected chi connectivity index (χ2v) is 17.6. The maximum absolute atomic E-state index is 14.3. The van der Waals surface area contributed by atoms with Crippen molar-refractivity contribution in [1.82, 2.24) is 14.8 Å². The lowest BCUT2D eigenvalue weighted by Gasteiger charge is -2.63. The van der Waals surface area contributed by atoms with Crippen LogP contribution in [0.3, 0.4) is 0 Å². The van der Waals surface area contributed by atoms with Crippen molar-refractivity contribution in [3.63, 3.8) is 0 Å². The molecule has 1 aliphatic carbocycles. The van der Waals surface area contributed by atoms with Crippen LogP contribution >= 0.6 is 0 Å². The Hall–Kier alpha value is -3.86. The van der Waals surface area contributed by atoms with Gasteiger partial charge in [-0.05, 0) is 80.2 Å². The van der Waals surface area contributed by atoms with Gasteiger partial charge in [0, 0.05) is 96.9 Å². The van der Waals surface area contributed by atoms with Gasteiger partial charge in [-0.25, -0.2) is 4.79 Å². The maximum Gasteiger partial charge on any atom is 0.344 e. The number of nitrogens with one attached hydrogen (secondary N) is 1. The number of fused-ring (bicyclic) bond motifs is 6. The van der Waals surface area contributed by atoms with Crippen molar-refractivity contribution >= 4 is 28.5 Å². The van der Waals surface area contributed by atoms with Gasteiger partial charge in [0.15, 0.2) is 6.10 Å². The van der Waals surface area contributed by atoms with E-state index in [0.717, 1.165) is 80.3 Å². The molecule has 1 saturated carbocycles. The number of esters is 2. The Morgan fingerprint density at radius 1 is 1.05 bits per heavy atom. The van der Waals surface area contributed by atoms with E-state index in [9.17, 15) is 14.7 Å². The molecule has 1 unspecified atom stereocenters. The number of carbonyl (C=O) groups is 2. The molecule has 55 heavy (non-hydrogen) atoms. The number of carbonyl (C=O) groups excluding carboxylic acids is 2. The van der Waals surface area contributed by atoms with Crippen LogP contribution < -0.4 is 9.64 Å². The van der Waals surface area contributed by atoms with Gasteiger partial charge in [-0.3, -0.25) is 9.69 Å². The predicted molar refractivity (Wildman–Crippen MR) is 213 cm³/mol. The number of hydrogen-bond donors (Lipinski definition) is 2. The first-order valence-electron chi connectivity index (χ1n) is 20.7. The number of likely N-dealkylation sites (N-methyl/N-ethyl adjacent to an activating group) is 1. The Morgan fingerprint density at radius 3 is 2.62 bits per heavy atom. The van der Waals surface area contributed by atoms with Crippen LogP contribution in [0.5, 0.6) is 5.75 Å². The normalized spacial score (nSPS) is 36.4. The zero-order valence-electron chi connectivity index (χ0n) is 33.4. The third-order valence-electron chi connectivity index (χ3n) is 15.1. The van der Waals surface area contributed by atoms with Crippen molar-refractivity contribution in [2.24, 2.45) is 17.3 Å². The molecule has 6 heterocycles. The molecule has 1 aromatic heterocycles. The van der Waals surface area contributed by atoms with Gasteiger partial charge < -0.3 is 34.1 Å². The Labute approximate surface area is 325 Å². The summed E-state index contributed by atoms with van der Waals surface area (Å²) in [6.45, 7) is 10.7. The number of aromatic nitrogens is 1. The van der Waals surface area contributed by atoms with Crippen LogP contribution in [0, 0.1) is 17.3 Å². The lowest BCUT2D eigenvalue weighted by atomic mass is 9.47. The lowest BCUT2D eigenvalue weighted by molar-refractivity contribution is -0.228. The highest BCUT2D eigenvalue weighted by Crippen LogP contribution is 2.68. The van der Waals surface area contributed by atoms with Crippen LogP contribution in [0.15, 0.2) is 48.6 Å².